The number of halogens is 1. The highest BCUT2D eigenvalue weighted by Gasteiger charge is 2.32. The fourth-order valence-electron chi connectivity index (χ4n) is 4.80. The van der Waals surface area contributed by atoms with Crippen LogP contribution in [-0.4, -0.2) is 80.0 Å². The number of hydrogen-bond donors (Lipinski definition) is 0. The minimum atomic E-state index is -0.234. The second kappa shape index (κ2) is 10.9. The summed E-state index contributed by atoms with van der Waals surface area (Å²) in [6.07, 6.45) is 1.81. The van der Waals surface area contributed by atoms with Gasteiger partial charge in [-0.15, -0.1) is 0 Å². The molecule has 2 saturated heterocycles. The highest BCUT2D eigenvalue weighted by Crippen LogP contribution is 2.25. The lowest BCUT2D eigenvalue weighted by Crippen LogP contribution is -2.53. The topological polar surface area (TPSA) is 62.3 Å². The number of nitrogens with zero attached hydrogens (tertiary/aromatic N) is 3. The summed E-state index contributed by atoms with van der Waals surface area (Å²) in [5, 5.41) is 0. The molecule has 0 spiro atoms. The van der Waals surface area contributed by atoms with Gasteiger partial charge in [-0.1, -0.05) is 12.1 Å². The molecular formula is C26H32FN3O4. The van der Waals surface area contributed by atoms with Crippen LogP contribution in [0.5, 0.6) is 11.5 Å². The summed E-state index contributed by atoms with van der Waals surface area (Å²) >= 11 is 0. The standard InChI is InChI=1S/C26H32FN3O4/c1-33-23-14-21(15-24(16-23)34-2)26(32)30-11-9-29(10-12-30)25(31)20-6-4-8-28(18-20)17-19-5-3-7-22(27)13-19/h3,5,7,13-16,20H,4,6,8-12,17-18H2,1-2H3. The molecule has 2 aliphatic heterocycles. The predicted molar refractivity (Wildman–Crippen MR) is 126 cm³/mol. The third-order valence-corrected chi connectivity index (χ3v) is 6.63. The van der Waals surface area contributed by atoms with Gasteiger partial charge in [-0.25, -0.2) is 4.39 Å². The van der Waals surface area contributed by atoms with Crippen molar-refractivity contribution in [2.24, 2.45) is 5.92 Å². The van der Waals surface area contributed by atoms with Crippen molar-refractivity contribution in [1.29, 1.82) is 0 Å². The summed E-state index contributed by atoms with van der Waals surface area (Å²) in [5.74, 6) is 0.893. The quantitative estimate of drug-likeness (QED) is 0.651. The lowest BCUT2D eigenvalue weighted by molar-refractivity contribution is -0.139. The average Bonchev–Trinajstić information content (AvgIpc) is 2.87. The molecule has 0 N–H and O–H groups in total. The molecule has 7 nitrogen and oxygen atoms in total. The first-order chi connectivity index (χ1) is 16.5. The van der Waals surface area contributed by atoms with Gasteiger partial charge in [0.1, 0.15) is 17.3 Å². The SMILES string of the molecule is COc1cc(OC)cc(C(=O)N2CCN(C(=O)C3CCCN(Cc4cccc(F)c4)C3)CC2)c1. The lowest BCUT2D eigenvalue weighted by Gasteiger charge is -2.39. The van der Waals surface area contributed by atoms with Gasteiger partial charge in [-0.05, 0) is 49.2 Å². The fourth-order valence-corrected chi connectivity index (χ4v) is 4.80. The number of carbonyl (C=O) groups is 2. The molecule has 4 rings (SSSR count). The molecule has 2 aliphatic rings. The molecule has 34 heavy (non-hydrogen) atoms. The van der Waals surface area contributed by atoms with Gasteiger partial charge in [0.05, 0.1) is 20.1 Å². The number of benzene rings is 2. The van der Waals surface area contributed by atoms with Crippen LogP contribution in [0.4, 0.5) is 4.39 Å². The molecular weight excluding hydrogens is 437 g/mol. The van der Waals surface area contributed by atoms with E-state index in [1.165, 1.54) is 6.07 Å². The van der Waals surface area contributed by atoms with Gasteiger partial charge in [0.15, 0.2) is 0 Å². The Hall–Kier alpha value is -3.13. The van der Waals surface area contributed by atoms with Crippen molar-refractivity contribution >= 4 is 11.8 Å². The molecule has 0 aromatic heterocycles. The van der Waals surface area contributed by atoms with Crippen LogP contribution in [0.2, 0.25) is 0 Å². The summed E-state index contributed by atoms with van der Waals surface area (Å²) in [4.78, 5) is 32.1. The Balaban J connectivity index is 1.32. The summed E-state index contributed by atoms with van der Waals surface area (Å²) < 4.78 is 24.1. The van der Waals surface area contributed by atoms with Gasteiger partial charge < -0.3 is 19.3 Å². The van der Waals surface area contributed by atoms with Gasteiger partial charge in [0.2, 0.25) is 5.91 Å². The molecule has 2 heterocycles. The molecule has 2 aromatic rings. The Morgan fingerprint density at radius 2 is 1.62 bits per heavy atom. The molecule has 182 valence electrons. The van der Waals surface area contributed by atoms with Crippen molar-refractivity contribution in [3.05, 3.63) is 59.4 Å². The summed E-state index contributed by atoms with van der Waals surface area (Å²) in [6, 6.07) is 11.8. The van der Waals surface area contributed by atoms with Crippen LogP contribution in [0.15, 0.2) is 42.5 Å². The maximum Gasteiger partial charge on any atom is 0.254 e. The molecule has 0 aliphatic carbocycles. The van der Waals surface area contributed by atoms with E-state index < -0.39 is 0 Å². The normalized spacial score (nSPS) is 19.1. The second-order valence-electron chi connectivity index (χ2n) is 8.92. The van der Waals surface area contributed by atoms with Gasteiger partial charge in [-0.3, -0.25) is 14.5 Å². The summed E-state index contributed by atoms with van der Waals surface area (Å²) in [5.41, 5.74) is 1.44. The zero-order valence-electron chi connectivity index (χ0n) is 19.8. The van der Waals surface area contributed by atoms with Crippen LogP contribution in [0.3, 0.4) is 0 Å². The van der Waals surface area contributed by atoms with Crippen LogP contribution in [0.25, 0.3) is 0 Å². The van der Waals surface area contributed by atoms with E-state index in [0.717, 1.165) is 24.9 Å². The van der Waals surface area contributed by atoms with Crippen LogP contribution >= 0.6 is 0 Å². The number of ether oxygens (including phenoxy) is 2. The van der Waals surface area contributed by atoms with E-state index in [0.29, 0.717) is 56.3 Å². The largest absolute Gasteiger partial charge is 0.497 e. The van der Waals surface area contributed by atoms with E-state index in [1.54, 1.807) is 49.5 Å². The first-order valence-corrected chi connectivity index (χ1v) is 11.7. The maximum absolute atomic E-state index is 13.5. The maximum atomic E-state index is 13.5. The summed E-state index contributed by atoms with van der Waals surface area (Å²) in [7, 11) is 3.11. The van der Waals surface area contributed by atoms with Gasteiger partial charge in [-0.2, -0.15) is 0 Å². The molecule has 2 aromatic carbocycles. The van der Waals surface area contributed by atoms with Gasteiger partial charge >= 0.3 is 0 Å². The zero-order valence-corrected chi connectivity index (χ0v) is 19.8. The van der Waals surface area contributed by atoms with Gasteiger partial charge in [0.25, 0.3) is 5.91 Å². The van der Waals surface area contributed by atoms with Crippen molar-refractivity contribution < 1.29 is 23.5 Å². The third-order valence-electron chi connectivity index (χ3n) is 6.63. The Morgan fingerprint density at radius 1 is 0.941 bits per heavy atom. The van der Waals surface area contributed by atoms with Crippen LogP contribution < -0.4 is 9.47 Å². The van der Waals surface area contributed by atoms with Crippen LogP contribution in [-0.2, 0) is 11.3 Å². The third kappa shape index (κ3) is 5.67. The van der Waals surface area contributed by atoms with Crippen molar-refractivity contribution in [1.82, 2.24) is 14.7 Å². The molecule has 2 amide bonds. The minimum Gasteiger partial charge on any atom is -0.497 e. The average molecular weight is 470 g/mol. The number of amides is 2. The molecule has 2 fully saturated rings. The highest BCUT2D eigenvalue weighted by molar-refractivity contribution is 5.95. The predicted octanol–water partition coefficient (Wildman–Crippen LogP) is 3.04. The first-order valence-electron chi connectivity index (χ1n) is 11.7. The molecule has 0 bridgehead atoms. The molecule has 0 radical (unpaired) electrons. The van der Waals surface area contributed by atoms with E-state index in [4.69, 9.17) is 9.47 Å². The number of piperidine rings is 1. The number of hydrogen-bond acceptors (Lipinski definition) is 5. The molecule has 8 heteroatoms. The number of carbonyl (C=O) groups excluding carboxylic acids is 2. The van der Waals surface area contributed by atoms with Crippen molar-refractivity contribution in [2.75, 3.05) is 53.5 Å². The lowest BCUT2D eigenvalue weighted by atomic mass is 9.95. The molecule has 1 atom stereocenters. The van der Waals surface area contributed by atoms with E-state index in [1.807, 2.05) is 11.0 Å². The zero-order chi connectivity index (χ0) is 24.1. The second-order valence-corrected chi connectivity index (χ2v) is 8.92. The van der Waals surface area contributed by atoms with E-state index >= 15 is 0 Å². The Kier molecular flexibility index (Phi) is 7.67. The minimum absolute atomic E-state index is 0.0628. The van der Waals surface area contributed by atoms with E-state index in [-0.39, 0.29) is 23.5 Å². The van der Waals surface area contributed by atoms with E-state index in [9.17, 15) is 14.0 Å². The van der Waals surface area contributed by atoms with Crippen molar-refractivity contribution in [3.63, 3.8) is 0 Å². The first kappa shape index (κ1) is 24.0. The van der Waals surface area contributed by atoms with Crippen molar-refractivity contribution in [2.45, 2.75) is 19.4 Å². The smallest absolute Gasteiger partial charge is 0.254 e. The fraction of sp³-hybridized carbons (Fsp3) is 0.462. The van der Waals surface area contributed by atoms with Crippen LogP contribution in [0.1, 0.15) is 28.8 Å². The van der Waals surface area contributed by atoms with Gasteiger partial charge in [0, 0.05) is 50.9 Å². The highest BCUT2D eigenvalue weighted by atomic mass is 19.1. The van der Waals surface area contributed by atoms with Crippen LogP contribution in [0, 0.1) is 11.7 Å². The Bertz CT molecular complexity index is 1000. The number of piperazine rings is 1. The molecule has 0 saturated carbocycles. The van der Waals surface area contributed by atoms with Crippen molar-refractivity contribution in [3.8, 4) is 11.5 Å². The number of rotatable bonds is 6. The molecule has 1 unspecified atom stereocenters. The number of likely N-dealkylation sites (tertiary alicyclic amines) is 1. The van der Waals surface area contributed by atoms with E-state index in [2.05, 4.69) is 4.90 Å². The Morgan fingerprint density at radius 3 is 2.26 bits per heavy atom. The summed E-state index contributed by atoms with van der Waals surface area (Å²) in [6.45, 7) is 4.25. The monoisotopic (exact) mass is 469 g/mol. The Labute approximate surface area is 200 Å². The number of methoxy groups -OCH3 is 2.